The number of aromatic carboxylic acids is 1. The van der Waals surface area contributed by atoms with Gasteiger partial charge in [0.15, 0.2) is 36.0 Å². The maximum Gasteiger partial charge on any atom is 0.335 e. The Bertz CT molecular complexity index is 3580. The highest BCUT2D eigenvalue weighted by Crippen LogP contribution is 2.51. The van der Waals surface area contributed by atoms with Crippen molar-refractivity contribution in [1.29, 1.82) is 0 Å². The molecule has 0 bridgehead atoms. The second kappa shape index (κ2) is 25.8. The lowest BCUT2D eigenvalue weighted by molar-refractivity contribution is -0.740. The summed E-state index contributed by atoms with van der Waals surface area (Å²) in [6, 6.07) is 25.9. The zero-order valence-electron chi connectivity index (χ0n) is 49.9. The lowest BCUT2D eigenvalue weighted by Gasteiger charge is -2.27. The molecule has 82 heavy (non-hydrogen) atoms. The van der Waals surface area contributed by atoms with E-state index in [1.165, 1.54) is 43.8 Å². The van der Waals surface area contributed by atoms with Crippen molar-refractivity contribution in [3.05, 3.63) is 183 Å². The summed E-state index contributed by atoms with van der Waals surface area (Å²) < 4.78 is 43.5. The number of carboxylic acids is 1. The van der Waals surface area contributed by atoms with Crippen LogP contribution < -0.4 is 14.3 Å². The van der Waals surface area contributed by atoms with Gasteiger partial charge in [-0.05, 0) is 96.3 Å². The third kappa shape index (κ3) is 12.5. The van der Waals surface area contributed by atoms with E-state index in [4.69, 9.17) is 38.8 Å². The fourth-order valence-corrected chi connectivity index (χ4v) is 11.9. The Morgan fingerprint density at radius 2 is 1.22 bits per heavy atom. The quantitative estimate of drug-likeness (QED) is 0.0315. The highest BCUT2D eigenvalue weighted by molar-refractivity contribution is 6.08. The number of aryl methyl sites for hydroxylation is 4. The number of carbonyl (C=O) groups is 1. The molecule has 0 atom stereocenters. The van der Waals surface area contributed by atoms with Gasteiger partial charge in [-0.2, -0.15) is 4.58 Å². The van der Waals surface area contributed by atoms with Crippen LogP contribution in [0.2, 0.25) is 0 Å². The van der Waals surface area contributed by atoms with Gasteiger partial charge in [-0.1, -0.05) is 91.7 Å². The summed E-state index contributed by atoms with van der Waals surface area (Å²) in [6.45, 7) is 18.8. The minimum absolute atomic E-state index is 0.146. The van der Waals surface area contributed by atoms with Gasteiger partial charge in [-0.3, -0.25) is 0 Å². The summed E-state index contributed by atoms with van der Waals surface area (Å²) in [6.07, 6.45) is 17.0. The van der Waals surface area contributed by atoms with Crippen LogP contribution in [-0.4, -0.2) is 122 Å². The van der Waals surface area contributed by atoms with Crippen LogP contribution in [-0.2, 0) is 79.6 Å². The number of aromatic nitrogens is 6. The SMILES string of the molecule is COCCOCc1cn(Cc2cc(C(=O)O)cc(Cn3cc(COCCOC)[n+](C)n3)c2C(=C\C=C\C2=[N+](CCOC)c3ccc4cc(C)ccc4c3C2(C)C)/C=C/C=C2/N(CCOC)c3ccc4cc(C)ccc4c3C2(C)C)n[n+]1C. The first-order valence-electron chi connectivity index (χ1n) is 28.1. The van der Waals surface area contributed by atoms with Crippen LogP contribution in [0.25, 0.3) is 27.1 Å². The number of rotatable bonds is 26. The standard InChI is InChI=1S/C66H80N8O8/c1-45-19-23-55-48(35-45)21-25-57-62(55)65(3,4)59(73(57)27-29-77-9)17-13-15-47(16-14-18-60-66(5,6)63-56-24-20-46(2)36-49(56)22-26-58(63)74(60)28-30-78-10)61-51(39-71-41-53(69(7)67-71)43-81-33-31-79-11)37-50(64(75)76)38-52(61)40-72-42-54(70(8)68-72)44-82-34-32-80-12/h13-26,35-38,41-42H,27-34,39-40,43-44H2,1-12H3/q+2/p+1. The van der Waals surface area contributed by atoms with Crippen molar-refractivity contribution in [3.8, 4) is 0 Å². The average Bonchev–Trinajstić information content (AvgIpc) is 4.32. The van der Waals surface area contributed by atoms with Crippen molar-refractivity contribution < 1.29 is 52.3 Å². The fraction of sp³-hybridized carbons (Fsp3) is 0.394. The van der Waals surface area contributed by atoms with Crippen LogP contribution in [0.15, 0.2) is 127 Å². The van der Waals surface area contributed by atoms with Crippen LogP contribution in [0.1, 0.15) is 88.4 Å². The van der Waals surface area contributed by atoms with Gasteiger partial charge in [0.25, 0.3) is 0 Å². The lowest BCUT2D eigenvalue weighted by Crippen LogP contribution is -2.36. The zero-order valence-corrected chi connectivity index (χ0v) is 49.9. The summed E-state index contributed by atoms with van der Waals surface area (Å²) in [4.78, 5) is 15.7. The smallest absolute Gasteiger partial charge is 0.335 e. The zero-order chi connectivity index (χ0) is 58.3. The molecule has 0 fully saturated rings. The number of ether oxygens (including phenoxy) is 6. The van der Waals surface area contributed by atoms with E-state index in [1.807, 2.05) is 35.9 Å². The van der Waals surface area contributed by atoms with Gasteiger partial charge in [-0.15, -0.1) is 18.7 Å². The monoisotopic (exact) mass is 1110 g/mol. The van der Waals surface area contributed by atoms with Crippen LogP contribution in [0.4, 0.5) is 11.4 Å². The van der Waals surface area contributed by atoms with E-state index in [9.17, 15) is 9.90 Å². The Kier molecular flexibility index (Phi) is 18.6. The Balaban J connectivity index is 1.25. The van der Waals surface area contributed by atoms with Crippen LogP contribution in [0.3, 0.4) is 0 Å². The topological polar surface area (TPSA) is 142 Å². The third-order valence-corrected chi connectivity index (χ3v) is 15.9. The predicted molar refractivity (Wildman–Crippen MR) is 320 cm³/mol. The number of methoxy groups -OCH3 is 4. The predicted octanol–water partition coefficient (Wildman–Crippen LogP) is 9.32. The Morgan fingerprint density at radius 3 is 1.78 bits per heavy atom. The van der Waals surface area contributed by atoms with Crippen molar-refractivity contribution in [3.63, 3.8) is 0 Å². The number of allylic oxidation sites excluding steroid dienone is 8. The number of benzene rings is 5. The van der Waals surface area contributed by atoms with Gasteiger partial charge in [0, 0.05) is 80.6 Å². The van der Waals surface area contributed by atoms with E-state index in [0.717, 1.165) is 56.4 Å². The van der Waals surface area contributed by atoms with Crippen molar-refractivity contribution in [2.24, 2.45) is 14.1 Å². The normalized spacial score (nSPS) is 15.4. The molecule has 0 spiro atoms. The van der Waals surface area contributed by atoms with Gasteiger partial charge in [-0.25, -0.2) is 4.79 Å². The maximum absolute atomic E-state index is 13.3. The molecule has 2 aliphatic rings. The lowest BCUT2D eigenvalue weighted by atomic mass is 9.79. The Labute approximate surface area is 482 Å². The highest BCUT2D eigenvalue weighted by Gasteiger charge is 2.46. The van der Waals surface area contributed by atoms with Gasteiger partial charge in [0.2, 0.25) is 5.69 Å². The molecule has 5 aromatic carbocycles. The first kappa shape index (κ1) is 59.2. The summed E-state index contributed by atoms with van der Waals surface area (Å²) in [7, 11) is 10.6. The molecule has 4 heterocycles. The summed E-state index contributed by atoms with van der Waals surface area (Å²) in [5, 5.41) is 25.6. The molecule has 2 aliphatic heterocycles. The molecule has 16 nitrogen and oxygen atoms in total. The molecular formula is C66H81N8O8+3. The van der Waals surface area contributed by atoms with E-state index in [1.54, 1.807) is 49.9 Å². The molecule has 2 aromatic heterocycles. The number of hydrogen-bond acceptors (Lipinski definition) is 10. The largest absolute Gasteiger partial charge is 0.478 e. The van der Waals surface area contributed by atoms with Gasteiger partial charge in [0.05, 0.1) is 54.4 Å². The average molecular weight is 1110 g/mol. The Morgan fingerprint density at radius 1 is 0.659 bits per heavy atom. The molecule has 0 radical (unpaired) electrons. The molecule has 0 saturated heterocycles. The number of hydrogen-bond donors (Lipinski definition) is 1. The number of nitrogens with zero attached hydrogens (tertiary/aromatic N) is 8. The van der Waals surface area contributed by atoms with Gasteiger partial charge >= 0.3 is 5.97 Å². The van der Waals surface area contributed by atoms with E-state index in [-0.39, 0.29) is 29.5 Å². The minimum Gasteiger partial charge on any atom is -0.478 e. The molecule has 0 amide bonds. The molecule has 430 valence electrons. The van der Waals surface area contributed by atoms with Crippen LogP contribution in [0, 0.1) is 13.8 Å². The minimum atomic E-state index is -1.05. The number of fused-ring (bicyclic) bond motifs is 6. The van der Waals surface area contributed by atoms with E-state index >= 15 is 0 Å². The summed E-state index contributed by atoms with van der Waals surface area (Å²) >= 11 is 0. The second-order valence-electron chi connectivity index (χ2n) is 22.4. The van der Waals surface area contributed by atoms with E-state index < -0.39 is 5.97 Å². The Hall–Kier alpha value is -7.44. The van der Waals surface area contributed by atoms with Crippen molar-refractivity contribution in [2.75, 3.05) is 86.1 Å². The summed E-state index contributed by atoms with van der Waals surface area (Å²) in [5.41, 5.74) is 13.8. The first-order chi connectivity index (χ1) is 39.5. The molecule has 16 heteroatoms. The molecule has 0 aliphatic carbocycles. The highest BCUT2D eigenvalue weighted by atomic mass is 16.5. The van der Waals surface area contributed by atoms with Crippen LogP contribution in [0.5, 0.6) is 0 Å². The van der Waals surface area contributed by atoms with Gasteiger partial charge < -0.3 is 38.4 Å². The molecule has 1 N–H and O–H groups in total. The molecular weight excluding hydrogens is 1030 g/mol. The van der Waals surface area contributed by atoms with Crippen molar-refractivity contribution in [1.82, 2.24) is 19.8 Å². The molecule has 0 unspecified atom stereocenters. The number of anilines is 1. The molecule has 0 saturated carbocycles. The van der Waals surface area contributed by atoms with Gasteiger partial charge in [0.1, 0.15) is 47.0 Å². The van der Waals surface area contributed by atoms with E-state index in [2.05, 4.69) is 148 Å². The van der Waals surface area contributed by atoms with Crippen molar-refractivity contribution in [2.45, 2.75) is 78.7 Å². The summed E-state index contributed by atoms with van der Waals surface area (Å²) in [5.74, 6) is -1.05. The van der Waals surface area contributed by atoms with E-state index in [0.29, 0.717) is 65.9 Å². The third-order valence-electron chi connectivity index (χ3n) is 15.9. The first-order valence-corrected chi connectivity index (χ1v) is 28.1. The number of carboxylic acid groups (broad SMARTS) is 1. The van der Waals surface area contributed by atoms with Crippen LogP contribution >= 0.6 is 0 Å². The second-order valence-corrected chi connectivity index (χ2v) is 22.4. The maximum atomic E-state index is 13.3. The fourth-order valence-electron chi connectivity index (χ4n) is 11.9. The molecule has 9 rings (SSSR count). The van der Waals surface area contributed by atoms with Crippen molar-refractivity contribution >= 4 is 50.2 Å². The molecule has 7 aromatic rings.